The Hall–Kier alpha value is -1.95. The van der Waals surface area contributed by atoms with E-state index in [-0.39, 0.29) is 30.1 Å². The Morgan fingerprint density at radius 1 is 1.21 bits per heavy atom. The molecule has 2 amide bonds. The van der Waals surface area contributed by atoms with Gasteiger partial charge in [0.15, 0.2) is 0 Å². The Labute approximate surface area is 148 Å². The summed E-state index contributed by atoms with van der Waals surface area (Å²) in [4.78, 5) is 27.9. The Morgan fingerprint density at radius 3 is 2.75 bits per heavy atom. The van der Waals surface area contributed by atoms with Crippen LogP contribution >= 0.6 is 12.4 Å². The average molecular weight is 353 g/mol. The molecule has 7 heteroatoms. The quantitative estimate of drug-likeness (QED) is 0.798. The second-order valence-electron chi connectivity index (χ2n) is 6.45. The number of nitrogen functional groups attached to an aromatic ring is 1. The lowest BCUT2D eigenvalue weighted by Crippen LogP contribution is -2.48. The summed E-state index contributed by atoms with van der Waals surface area (Å²) < 4.78 is 0. The van der Waals surface area contributed by atoms with Gasteiger partial charge in [0, 0.05) is 31.0 Å². The highest BCUT2D eigenvalue weighted by Crippen LogP contribution is 2.31. The van der Waals surface area contributed by atoms with E-state index in [2.05, 4.69) is 4.90 Å². The molecule has 1 fully saturated rings. The van der Waals surface area contributed by atoms with Crippen LogP contribution in [0.5, 0.6) is 0 Å². The van der Waals surface area contributed by atoms with Crippen molar-refractivity contribution >= 4 is 35.6 Å². The van der Waals surface area contributed by atoms with Crippen molar-refractivity contribution in [3.63, 3.8) is 0 Å². The molecule has 1 aromatic carbocycles. The third-order valence-corrected chi connectivity index (χ3v) is 4.89. The van der Waals surface area contributed by atoms with Crippen LogP contribution in [0.25, 0.3) is 0 Å². The molecule has 132 valence electrons. The van der Waals surface area contributed by atoms with E-state index in [1.807, 2.05) is 18.2 Å². The zero-order valence-electron chi connectivity index (χ0n) is 13.7. The maximum absolute atomic E-state index is 12.6. The normalized spacial score (nSPS) is 20.1. The van der Waals surface area contributed by atoms with Crippen LogP contribution in [-0.4, -0.2) is 42.9 Å². The maximum atomic E-state index is 12.6. The van der Waals surface area contributed by atoms with Crippen LogP contribution < -0.4 is 16.4 Å². The molecule has 0 aliphatic carbocycles. The Balaban J connectivity index is 0.00000208. The lowest BCUT2D eigenvalue weighted by Gasteiger charge is -2.36. The number of primary amides is 1. The van der Waals surface area contributed by atoms with Crippen molar-refractivity contribution in [1.29, 1.82) is 0 Å². The highest BCUT2D eigenvalue weighted by Gasteiger charge is 2.29. The summed E-state index contributed by atoms with van der Waals surface area (Å²) in [5.74, 6) is -0.457. The van der Waals surface area contributed by atoms with Gasteiger partial charge in [-0.3, -0.25) is 9.59 Å². The van der Waals surface area contributed by atoms with E-state index < -0.39 is 0 Å². The number of nitrogens with two attached hydrogens (primary N) is 2. The number of carbonyl (C=O) groups is 2. The Morgan fingerprint density at radius 2 is 2.00 bits per heavy atom. The largest absolute Gasteiger partial charge is 0.398 e. The van der Waals surface area contributed by atoms with E-state index in [0.717, 1.165) is 49.2 Å². The molecule has 0 bridgehead atoms. The number of likely N-dealkylation sites (tertiary alicyclic amines) is 1. The van der Waals surface area contributed by atoms with Gasteiger partial charge in [-0.2, -0.15) is 0 Å². The lowest BCUT2D eigenvalue weighted by molar-refractivity contribution is -0.133. The number of rotatable bonds is 3. The molecule has 1 atom stereocenters. The fourth-order valence-electron chi connectivity index (χ4n) is 3.59. The minimum Gasteiger partial charge on any atom is -0.398 e. The van der Waals surface area contributed by atoms with Gasteiger partial charge in [0.2, 0.25) is 11.8 Å². The molecule has 0 spiro atoms. The maximum Gasteiger partial charge on any atom is 0.242 e. The number of nitrogens with zero attached hydrogens (tertiary/aromatic N) is 2. The fraction of sp³-hybridized carbons (Fsp3) is 0.529. The smallest absolute Gasteiger partial charge is 0.242 e. The van der Waals surface area contributed by atoms with Crippen molar-refractivity contribution in [2.24, 2.45) is 11.7 Å². The van der Waals surface area contributed by atoms with Crippen LogP contribution in [0.2, 0.25) is 0 Å². The van der Waals surface area contributed by atoms with Crippen LogP contribution in [0.3, 0.4) is 0 Å². The topological polar surface area (TPSA) is 92.7 Å². The molecular weight excluding hydrogens is 328 g/mol. The second-order valence-corrected chi connectivity index (χ2v) is 6.45. The van der Waals surface area contributed by atoms with Crippen molar-refractivity contribution in [2.75, 3.05) is 36.8 Å². The SMILES string of the molecule is Cl.NC(=O)C1CCCN(C(=O)CN2CCCc3c(N)cccc32)C1. The summed E-state index contributed by atoms with van der Waals surface area (Å²) >= 11 is 0. The number of anilines is 2. The zero-order chi connectivity index (χ0) is 16.4. The molecule has 4 N–H and O–H groups in total. The molecular formula is C17H25ClN4O2. The average Bonchev–Trinajstić information content (AvgIpc) is 2.56. The van der Waals surface area contributed by atoms with E-state index in [1.54, 1.807) is 4.90 Å². The Kier molecular flexibility index (Phi) is 5.94. The molecule has 1 aromatic rings. The molecule has 0 radical (unpaired) electrons. The zero-order valence-corrected chi connectivity index (χ0v) is 14.6. The summed E-state index contributed by atoms with van der Waals surface area (Å²) in [6, 6.07) is 5.87. The van der Waals surface area contributed by atoms with Crippen LogP contribution in [0.4, 0.5) is 11.4 Å². The van der Waals surface area contributed by atoms with Crippen LogP contribution in [0.1, 0.15) is 24.8 Å². The molecule has 3 rings (SSSR count). The first kappa shape index (κ1) is 18.4. The molecule has 0 aromatic heterocycles. The van der Waals surface area contributed by atoms with Gasteiger partial charge in [-0.1, -0.05) is 6.07 Å². The highest BCUT2D eigenvalue weighted by molar-refractivity contribution is 5.85. The lowest BCUT2D eigenvalue weighted by atomic mass is 9.97. The number of carbonyl (C=O) groups excluding carboxylic acids is 2. The minimum atomic E-state index is -0.307. The number of hydrogen-bond donors (Lipinski definition) is 2. The van der Waals surface area contributed by atoms with Crippen LogP contribution in [-0.2, 0) is 16.0 Å². The van der Waals surface area contributed by atoms with Crippen molar-refractivity contribution in [3.05, 3.63) is 23.8 Å². The molecule has 24 heavy (non-hydrogen) atoms. The number of piperidine rings is 1. The van der Waals surface area contributed by atoms with Crippen LogP contribution in [0.15, 0.2) is 18.2 Å². The Bertz CT molecular complexity index is 623. The first-order valence-corrected chi connectivity index (χ1v) is 8.25. The van der Waals surface area contributed by atoms with Crippen molar-refractivity contribution in [1.82, 2.24) is 4.90 Å². The first-order chi connectivity index (χ1) is 11.1. The summed E-state index contributed by atoms with van der Waals surface area (Å²) in [5, 5.41) is 0. The third-order valence-electron chi connectivity index (χ3n) is 4.89. The van der Waals surface area contributed by atoms with Gasteiger partial charge >= 0.3 is 0 Å². The number of amides is 2. The van der Waals surface area contributed by atoms with Gasteiger partial charge in [-0.15, -0.1) is 12.4 Å². The number of fused-ring (bicyclic) bond motifs is 1. The standard InChI is InChI=1S/C17H24N4O2.ClH/c18-14-6-1-7-15-13(14)5-3-8-20(15)11-16(22)21-9-2-4-12(10-21)17(19)23;/h1,6-7,12H,2-5,8-11,18H2,(H2,19,23);1H. The minimum absolute atomic E-state index is 0. The van der Waals surface area contributed by atoms with Crippen molar-refractivity contribution in [3.8, 4) is 0 Å². The van der Waals surface area contributed by atoms with Gasteiger partial charge < -0.3 is 21.3 Å². The van der Waals surface area contributed by atoms with E-state index in [4.69, 9.17) is 11.5 Å². The third kappa shape index (κ3) is 3.75. The van der Waals surface area contributed by atoms with Gasteiger partial charge in [0.25, 0.3) is 0 Å². The van der Waals surface area contributed by atoms with Gasteiger partial charge in [-0.25, -0.2) is 0 Å². The monoisotopic (exact) mass is 352 g/mol. The van der Waals surface area contributed by atoms with Gasteiger partial charge in [0.05, 0.1) is 12.5 Å². The van der Waals surface area contributed by atoms with E-state index in [9.17, 15) is 9.59 Å². The molecule has 1 unspecified atom stereocenters. The second kappa shape index (κ2) is 7.75. The van der Waals surface area contributed by atoms with Crippen molar-refractivity contribution in [2.45, 2.75) is 25.7 Å². The summed E-state index contributed by atoms with van der Waals surface area (Å²) in [7, 11) is 0. The molecule has 2 aliphatic rings. The highest BCUT2D eigenvalue weighted by atomic mass is 35.5. The summed E-state index contributed by atoms with van der Waals surface area (Å²) in [5.41, 5.74) is 14.4. The van der Waals surface area contributed by atoms with E-state index >= 15 is 0 Å². The first-order valence-electron chi connectivity index (χ1n) is 8.25. The van der Waals surface area contributed by atoms with E-state index in [0.29, 0.717) is 19.6 Å². The summed E-state index contributed by atoms with van der Waals surface area (Å²) in [6.07, 6.45) is 3.57. The fourth-order valence-corrected chi connectivity index (χ4v) is 3.59. The molecule has 2 aliphatic heterocycles. The molecule has 0 saturated carbocycles. The predicted octanol–water partition coefficient (Wildman–Crippen LogP) is 1.17. The van der Waals surface area contributed by atoms with Gasteiger partial charge in [0.1, 0.15) is 0 Å². The number of benzene rings is 1. The summed E-state index contributed by atoms with van der Waals surface area (Å²) in [6.45, 7) is 2.35. The number of halogens is 1. The van der Waals surface area contributed by atoms with E-state index in [1.165, 1.54) is 0 Å². The van der Waals surface area contributed by atoms with Crippen molar-refractivity contribution < 1.29 is 9.59 Å². The molecule has 6 nitrogen and oxygen atoms in total. The molecule has 1 saturated heterocycles. The predicted molar refractivity (Wildman–Crippen MR) is 97.1 cm³/mol. The molecule has 2 heterocycles. The van der Waals surface area contributed by atoms with Gasteiger partial charge in [-0.05, 0) is 43.4 Å². The number of hydrogen-bond acceptors (Lipinski definition) is 4. The van der Waals surface area contributed by atoms with Crippen LogP contribution in [0, 0.1) is 5.92 Å².